The van der Waals surface area contributed by atoms with Crippen molar-refractivity contribution >= 4 is 5.91 Å². The summed E-state index contributed by atoms with van der Waals surface area (Å²) in [5, 5.41) is 7.68. The number of nitrogens with one attached hydrogen (secondary N) is 1. The summed E-state index contributed by atoms with van der Waals surface area (Å²) in [7, 11) is 0. The first-order valence-electron chi connectivity index (χ1n) is 11.9. The Labute approximate surface area is 191 Å². The Morgan fingerprint density at radius 2 is 2.19 bits per heavy atom. The van der Waals surface area contributed by atoms with Gasteiger partial charge < -0.3 is 14.8 Å². The van der Waals surface area contributed by atoms with Crippen LogP contribution >= 0.6 is 0 Å². The summed E-state index contributed by atoms with van der Waals surface area (Å²) >= 11 is 0. The van der Waals surface area contributed by atoms with Crippen molar-refractivity contribution in [1.82, 2.24) is 15.1 Å². The van der Waals surface area contributed by atoms with Crippen molar-refractivity contribution in [3.8, 4) is 5.75 Å². The quantitative estimate of drug-likeness (QED) is 0.697. The summed E-state index contributed by atoms with van der Waals surface area (Å²) in [4.78, 5) is 12.1. The molecule has 1 saturated carbocycles. The Morgan fingerprint density at radius 1 is 1.38 bits per heavy atom. The van der Waals surface area contributed by atoms with Crippen molar-refractivity contribution in [3.63, 3.8) is 0 Å². The van der Waals surface area contributed by atoms with Gasteiger partial charge in [-0.1, -0.05) is 19.4 Å². The molecule has 6 nitrogen and oxygen atoms in total. The van der Waals surface area contributed by atoms with Crippen LogP contribution in [0.1, 0.15) is 77.5 Å². The minimum atomic E-state index is -0.269. The number of benzene rings is 1. The number of rotatable bonds is 6. The molecule has 1 aromatic heterocycles. The van der Waals surface area contributed by atoms with Gasteiger partial charge in [0.05, 0.1) is 24.9 Å². The van der Waals surface area contributed by atoms with Crippen molar-refractivity contribution in [2.75, 3.05) is 0 Å². The summed E-state index contributed by atoms with van der Waals surface area (Å²) < 4.78 is 14.7. The molecule has 0 bridgehead atoms. The number of hydrogen-bond donors (Lipinski definition) is 1. The van der Waals surface area contributed by atoms with E-state index in [9.17, 15) is 4.79 Å². The molecule has 0 spiro atoms. The van der Waals surface area contributed by atoms with E-state index < -0.39 is 0 Å². The molecule has 1 N–H and O–H groups in total. The molecule has 2 aliphatic rings. The van der Waals surface area contributed by atoms with E-state index in [2.05, 4.69) is 42.5 Å². The van der Waals surface area contributed by atoms with Crippen LogP contribution in [0.4, 0.5) is 0 Å². The molecule has 6 heteroatoms. The van der Waals surface area contributed by atoms with E-state index >= 15 is 0 Å². The number of hydrogen-bond acceptors (Lipinski definition) is 4. The second kappa shape index (κ2) is 9.26. The lowest BCUT2D eigenvalue weighted by molar-refractivity contribution is -0.153. The molecule has 1 aliphatic carbocycles. The van der Waals surface area contributed by atoms with Gasteiger partial charge in [-0.05, 0) is 63.3 Å². The smallest absolute Gasteiger partial charge is 0.217 e. The first-order valence-corrected chi connectivity index (χ1v) is 11.9. The van der Waals surface area contributed by atoms with Crippen molar-refractivity contribution in [3.05, 3.63) is 47.8 Å². The number of carbonyl (C=O) groups excluding carboxylic acids is 1. The average molecular weight is 440 g/mol. The molecule has 5 atom stereocenters. The highest BCUT2D eigenvalue weighted by molar-refractivity contribution is 5.73. The minimum Gasteiger partial charge on any atom is -0.491 e. The van der Waals surface area contributed by atoms with Gasteiger partial charge in [-0.2, -0.15) is 5.10 Å². The summed E-state index contributed by atoms with van der Waals surface area (Å²) in [5.41, 5.74) is 1.95. The third kappa shape index (κ3) is 5.01. The van der Waals surface area contributed by atoms with Crippen LogP contribution in [-0.4, -0.2) is 33.4 Å². The number of nitrogens with zero attached hydrogens (tertiary/aromatic N) is 2. The Balaban J connectivity index is 1.65. The number of ether oxygens (including phenoxy) is 2. The van der Waals surface area contributed by atoms with Crippen LogP contribution in [0.15, 0.2) is 36.7 Å². The van der Waals surface area contributed by atoms with E-state index in [1.807, 2.05) is 30.8 Å². The average Bonchev–Trinajstić information content (AvgIpc) is 3.20. The predicted molar refractivity (Wildman–Crippen MR) is 124 cm³/mol. The Hall–Kier alpha value is -2.34. The van der Waals surface area contributed by atoms with Crippen LogP contribution in [0.25, 0.3) is 0 Å². The third-order valence-corrected chi connectivity index (χ3v) is 6.99. The molecular weight excluding hydrogens is 402 g/mol. The van der Waals surface area contributed by atoms with Crippen LogP contribution in [-0.2, 0) is 16.1 Å². The van der Waals surface area contributed by atoms with Gasteiger partial charge in [0, 0.05) is 42.8 Å². The third-order valence-electron chi connectivity index (χ3n) is 6.99. The van der Waals surface area contributed by atoms with Crippen molar-refractivity contribution in [1.29, 1.82) is 0 Å². The number of aromatic nitrogens is 2. The van der Waals surface area contributed by atoms with Crippen LogP contribution in [0.3, 0.4) is 0 Å². The van der Waals surface area contributed by atoms with E-state index in [4.69, 9.17) is 9.47 Å². The summed E-state index contributed by atoms with van der Waals surface area (Å²) in [5.74, 6) is 1.91. The molecule has 174 valence electrons. The number of amides is 1. The molecule has 0 unspecified atom stereocenters. The standard InChI is InChI=1S/C26H37N3O3/c1-17(2)31-23-10-8-20(14-21(23)16-29-12-6-11-27-29)25-15-26(5,28-19(4)30)22-9-7-18(3)13-24(22)32-25/h6,8,10-12,14,17-18,22,24-25H,7,9,13,15-16H2,1-5H3,(H,28,30)/t18-,22-,24-,25-,26-/m1/s1. The van der Waals surface area contributed by atoms with Gasteiger partial charge in [0.1, 0.15) is 5.75 Å². The van der Waals surface area contributed by atoms with Crippen LogP contribution in [0.5, 0.6) is 5.75 Å². The summed E-state index contributed by atoms with van der Waals surface area (Å²) in [6.07, 6.45) is 8.05. The number of fused-ring (bicyclic) bond motifs is 1. The van der Waals surface area contributed by atoms with Crippen LogP contribution in [0.2, 0.25) is 0 Å². The lowest BCUT2D eigenvalue weighted by Crippen LogP contribution is -2.60. The molecule has 1 amide bonds. The molecule has 2 aromatic rings. The van der Waals surface area contributed by atoms with Gasteiger partial charge in [-0.3, -0.25) is 9.48 Å². The van der Waals surface area contributed by atoms with Gasteiger partial charge >= 0.3 is 0 Å². The van der Waals surface area contributed by atoms with Crippen molar-refractivity contribution < 1.29 is 14.3 Å². The van der Waals surface area contributed by atoms with Gasteiger partial charge in [-0.25, -0.2) is 0 Å². The Kier molecular flexibility index (Phi) is 6.61. The first kappa shape index (κ1) is 22.8. The second-order valence-electron chi connectivity index (χ2n) is 10.2. The molecular formula is C26H37N3O3. The molecule has 2 fully saturated rings. The van der Waals surface area contributed by atoms with Crippen LogP contribution < -0.4 is 10.1 Å². The predicted octanol–water partition coefficient (Wildman–Crippen LogP) is 4.88. The van der Waals surface area contributed by atoms with Gasteiger partial charge in [-0.15, -0.1) is 0 Å². The minimum absolute atomic E-state index is 0.0329. The summed E-state index contributed by atoms with van der Waals surface area (Å²) in [6.45, 7) is 10.9. The van der Waals surface area contributed by atoms with Gasteiger partial charge in [0.15, 0.2) is 0 Å². The zero-order valence-corrected chi connectivity index (χ0v) is 20.0. The SMILES string of the molecule is CC(=O)N[C@]1(C)C[C@H](c2ccc(OC(C)C)c(Cn3cccn3)c2)O[C@@H]2C[C@H](C)CC[C@H]21. The maximum Gasteiger partial charge on any atom is 0.217 e. The lowest BCUT2D eigenvalue weighted by atomic mass is 9.66. The summed E-state index contributed by atoms with van der Waals surface area (Å²) in [6, 6.07) is 8.31. The maximum absolute atomic E-state index is 12.1. The number of carbonyl (C=O) groups is 1. The Morgan fingerprint density at radius 3 is 2.88 bits per heavy atom. The molecule has 0 radical (unpaired) electrons. The lowest BCUT2D eigenvalue weighted by Gasteiger charge is -2.52. The van der Waals surface area contributed by atoms with Crippen molar-refractivity contribution in [2.24, 2.45) is 11.8 Å². The molecule has 4 rings (SSSR count). The second-order valence-corrected chi connectivity index (χ2v) is 10.2. The zero-order chi connectivity index (χ0) is 22.9. The fourth-order valence-electron chi connectivity index (χ4n) is 5.61. The highest BCUT2D eigenvalue weighted by atomic mass is 16.5. The maximum atomic E-state index is 12.1. The van der Waals surface area contributed by atoms with Gasteiger partial charge in [0.25, 0.3) is 0 Å². The van der Waals surface area contributed by atoms with E-state index in [0.717, 1.165) is 36.1 Å². The van der Waals surface area contributed by atoms with Gasteiger partial charge in [0.2, 0.25) is 5.91 Å². The molecule has 32 heavy (non-hydrogen) atoms. The van der Waals surface area contributed by atoms with E-state index in [1.54, 1.807) is 13.1 Å². The van der Waals surface area contributed by atoms with Crippen LogP contribution in [0, 0.1) is 11.8 Å². The van der Waals surface area contributed by atoms with E-state index in [1.165, 1.54) is 6.42 Å². The largest absolute Gasteiger partial charge is 0.491 e. The normalized spacial score (nSPS) is 30.1. The highest BCUT2D eigenvalue weighted by Gasteiger charge is 2.49. The monoisotopic (exact) mass is 439 g/mol. The fourth-order valence-corrected chi connectivity index (χ4v) is 5.61. The molecule has 2 heterocycles. The van der Waals surface area contributed by atoms with E-state index in [0.29, 0.717) is 18.4 Å². The first-order chi connectivity index (χ1) is 15.2. The molecule has 1 aromatic carbocycles. The zero-order valence-electron chi connectivity index (χ0n) is 20.0. The van der Waals surface area contributed by atoms with Crippen molar-refractivity contribution in [2.45, 2.75) is 90.7 Å². The Bertz CT molecular complexity index is 926. The fraction of sp³-hybridized carbons (Fsp3) is 0.615. The van der Waals surface area contributed by atoms with E-state index in [-0.39, 0.29) is 29.8 Å². The molecule has 1 aliphatic heterocycles. The topological polar surface area (TPSA) is 65.4 Å². The molecule has 1 saturated heterocycles. The highest BCUT2D eigenvalue weighted by Crippen LogP contribution is 2.48.